The van der Waals surface area contributed by atoms with Crippen molar-refractivity contribution >= 4 is 28.5 Å². The standard InChI is InChI=1S/C25H22N4O2/c1-28(25(30)31)22-13-15-29(23-9-5-4-8-20(22)23)24-26-14-12-21(27-24)19-11-10-17-6-2-3-7-18(17)16-19/h2-12,14,16,22H,13,15H2,1H3,(H,30,31). The summed E-state index contributed by atoms with van der Waals surface area (Å²) in [5.74, 6) is 0.620. The minimum absolute atomic E-state index is 0.186. The number of hydrogen-bond acceptors (Lipinski definition) is 4. The molecular weight excluding hydrogens is 388 g/mol. The first-order valence-electron chi connectivity index (χ1n) is 10.3. The monoisotopic (exact) mass is 410 g/mol. The number of benzene rings is 3. The molecule has 0 radical (unpaired) electrons. The van der Waals surface area contributed by atoms with E-state index in [9.17, 15) is 9.90 Å². The predicted octanol–water partition coefficient (Wildman–Crippen LogP) is 5.49. The number of nitrogens with zero attached hydrogens (tertiary/aromatic N) is 4. The van der Waals surface area contributed by atoms with Crippen LogP contribution in [-0.2, 0) is 0 Å². The Morgan fingerprint density at radius 1 is 1.03 bits per heavy atom. The molecule has 2 heterocycles. The van der Waals surface area contributed by atoms with Gasteiger partial charge in [-0.25, -0.2) is 14.8 Å². The van der Waals surface area contributed by atoms with E-state index in [1.165, 1.54) is 15.7 Å². The molecule has 1 aliphatic rings. The quantitative estimate of drug-likeness (QED) is 0.484. The van der Waals surface area contributed by atoms with E-state index in [1.54, 1.807) is 13.2 Å². The van der Waals surface area contributed by atoms with Crippen LogP contribution in [0.2, 0.25) is 0 Å². The van der Waals surface area contributed by atoms with Gasteiger partial charge in [0.2, 0.25) is 5.95 Å². The van der Waals surface area contributed by atoms with Gasteiger partial charge in [0.25, 0.3) is 0 Å². The summed E-state index contributed by atoms with van der Waals surface area (Å²) in [6.07, 6.45) is 1.52. The number of carbonyl (C=O) groups is 1. The molecule has 0 spiro atoms. The van der Waals surface area contributed by atoms with Gasteiger partial charge in [0.15, 0.2) is 0 Å². The number of fused-ring (bicyclic) bond motifs is 2. The smallest absolute Gasteiger partial charge is 0.407 e. The van der Waals surface area contributed by atoms with Crippen LogP contribution in [0.4, 0.5) is 16.4 Å². The fourth-order valence-electron chi connectivity index (χ4n) is 4.27. The van der Waals surface area contributed by atoms with E-state index in [2.05, 4.69) is 40.2 Å². The summed E-state index contributed by atoms with van der Waals surface area (Å²) in [6.45, 7) is 0.639. The first-order valence-corrected chi connectivity index (χ1v) is 10.3. The van der Waals surface area contributed by atoms with E-state index in [0.717, 1.165) is 22.5 Å². The van der Waals surface area contributed by atoms with Crippen LogP contribution in [0.1, 0.15) is 18.0 Å². The summed E-state index contributed by atoms with van der Waals surface area (Å²) in [4.78, 5) is 24.4. The molecule has 0 saturated heterocycles. The maximum absolute atomic E-state index is 11.5. The highest BCUT2D eigenvalue weighted by atomic mass is 16.4. The molecule has 1 atom stereocenters. The molecule has 4 aromatic rings. The average Bonchev–Trinajstić information content (AvgIpc) is 2.82. The van der Waals surface area contributed by atoms with E-state index in [-0.39, 0.29) is 6.04 Å². The molecule has 0 aliphatic carbocycles. The molecule has 0 fully saturated rings. The topological polar surface area (TPSA) is 69.6 Å². The van der Waals surface area contributed by atoms with Crippen molar-refractivity contribution in [3.05, 3.63) is 84.6 Å². The van der Waals surface area contributed by atoms with Crippen molar-refractivity contribution in [2.75, 3.05) is 18.5 Å². The lowest BCUT2D eigenvalue weighted by molar-refractivity contribution is 0.135. The minimum Gasteiger partial charge on any atom is -0.465 e. The summed E-state index contributed by atoms with van der Waals surface area (Å²) in [6, 6.07) is 24.2. The van der Waals surface area contributed by atoms with E-state index in [0.29, 0.717) is 18.9 Å². The van der Waals surface area contributed by atoms with Gasteiger partial charge >= 0.3 is 6.09 Å². The highest BCUT2D eigenvalue weighted by Crippen LogP contribution is 2.39. The zero-order valence-corrected chi connectivity index (χ0v) is 17.1. The van der Waals surface area contributed by atoms with Crippen LogP contribution >= 0.6 is 0 Å². The highest BCUT2D eigenvalue weighted by Gasteiger charge is 2.31. The molecule has 31 heavy (non-hydrogen) atoms. The van der Waals surface area contributed by atoms with Crippen molar-refractivity contribution in [2.24, 2.45) is 0 Å². The van der Waals surface area contributed by atoms with E-state index >= 15 is 0 Å². The first-order chi connectivity index (χ1) is 15.1. The molecule has 0 bridgehead atoms. The lowest BCUT2D eigenvalue weighted by Gasteiger charge is -2.37. The Hall–Kier alpha value is -3.93. The van der Waals surface area contributed by atoms with Crippen LogP contribution in [0, 0.1) is 0 Å². The molecule has 0 saturated carbocycles. The van der Waals surface area contributed by atoms with Crippen molar-refractivity contribution in [3.8, 4) is 11.3 Å². The van der Waals surface area contributed by atoms with Crippen LogP contribution in [0.5, 0.6) is 0 Å². The molecule has 3 aromatic carbocycles. The van der Waals surface area contributed by atoms with E-state index < -0.39 is 6.09 Å². The number of aromatic nitrogens is 2. The van der Waals surface area contributed by atoms with Gasteiger partial charge in [-0.05, 0) is 41.0 Å². The number of carboxylic acid groups (broad SMARTS) is 1. The van der Waals surface area contributed by atoms with Gasteiger partial charge in [0.1, 0.15) is 0 Å². The Morgan fingerprint density at radius 3 is 2.65 bits per heavy atom. The van der Waals surface area contributed by atoms with E-state index in [1.807, 2.05) is 42.5 Å². The predicted molar refractivity (Wildman–Crippen MR) is 122 cm³/mol. The maximum Gasteiger partial charge on any atom is 0.407 e. The highest BCUT2D eigenvalue weighted by molar-refractivity contribution is 5.86. The molecule has 154 valence electrons. The van der Waals surface area contributed by atoms with Crippen LogP contribution < -0.4 is 4.90 Å². The Labute approximate surface area is 180 Å². The Balaban J connectivity index is 1.53. The van der Waals surface area contributed by atoms with Gasteiger partial charge in [-0.15, -0.1) is 0 Å². The molecule has 6 nitrogen and oxygen atoms in total. The number of amides is 1. The maximum atomic E-state index is 11.5. The van der Waals surface area contributed by atoms with Crippen LogP contribution in [0.15, 0.2) is 79.0 Å². The first kappa shape index (κ1) is 19.1. The molecule has 1 aromatic heterocycles. The van der Waals surface area contributed by atoms with Gasteiger partial charge in [-0.3, -0.25) is 0 Å². The van der Waals surface area contributed by atoms with Crippen LogP contribution in [-0.4, -0.2) is 39.7 Å². The van der Waals surface area contributed by atoms with Crippen molar-refractivity contribution < 1.29 is 9.90 Å². The van der Waals surface area contributed by atoms with Gasteiger partial charge in [0, 0.05) is 31.0 Å². The molecule has 6 heteroatoms. The third-order valence-electron chi connectivity index (χ3n) is 5.91. The fourth-order valence-corrected chi connectivity index (χ4v) is 4.27. The number of para-hydroxylation sites is 1. The van der Waals surface area contributed by atoms with Gasteiger partial charge < -0.3 is 14.9 Å². The largest absolute Gasteiger partial charge is 0.465 e. The molecule has 1 aliphatic heterocycles. The third kappa shape index (κ3) is 3.46. The zero-order valence-electron chi connectivity index (χ0n) is 17.1. The summed E-state index contributed by atoms with van der Waals surface area (Å²) in [7, 11) is 1.62. The Kier molecular flexibility index (Phi) is 4.75. The molecule has 5 rings (SSSR count). The number of anilines is 2. The fraction of sp³-hybridized carbons (Fsp3) is 0.160. The van der Waals surface area contributed by atoms with Crippen LogP contribution in [0.3, 0.4) is 0 Å². The summed E-state index contributed by atoms with van der Waals surface area (Å²) < 4.78 is 0. The van der Waals surface area contributed by atoms with Gasteiger partial charge in [-0.1, -0.05) is 54.6 Å². The zero-order chi connectivity index (χ0) is 21.4. The van der Waals surface area contributed by atoms with E-state index in [4.69, 9.17) is 4.98 Å². The number of hydrogen-bond donors (Lipinski definition) is 1. The second kappa shape index (κ2) is 7.72. The van der Waals surface area contributed by atoms with Crippen molar-refractivity contribution in [3.63, 3.8) is 0 Å². The van der Waals surface area contributed by atoms with Crippen LogP contribution in [0.25, 0.3) is 22.0 Å². The number of rotatable bonds is 3. The second-order valence-corrected chi connectivity index (χ2v) is 7.71. The molecule has 1 amide bonds. The third-order valence-corrected chi connectivity index (χ3v) is 5.91. The second-order valence-electron chi connectivity index (χ2n) is 7.71. The molecule has 1 unspecified atom stereocenters. The summed E-state index contributed by atoms with van der Waals surface area (Å²) in [5, 5.41) is 11.8. The SMILES string of the molecule is CN(C(=O)O)C1CCN(c2nccc(-c3ccc4ccccc4c3)n2)c2ccccc21. The molecule has 1 N–H and O–H groups in total. The molecular formula is C25H22N4O2. The Morgan fingerprint density at radius 2 is 1.81 bits per heavy atom. The van der Waals surface area contributed by atoms with Crippen molar-refractivity contribution in [1.82, 2.24) is 14.9 Å². The Bertz CT molecular complexity index is 1270. The normalized spacial score (nSPS) is 15.5. The average molecular weight is 410 g/mol. The lowest BCUT2D eigenvalue weighted by Crippen LogP contribution is -2.37. The lowest BCUT2D eigenvalue weighted by atomic mass is 9.95. The summed E-state index contributed by atoms with van der Waals surface area (Å²) >= 11 is 0. The minimum atomic E-state index is -0.928. The van der Waals surface area contributed by atoms with Crippen molar-refractivity contribution in [2.45, 2.75) is 12.5 Å². The van der Waals surface area contributed by atoms with Crippen molar-refractivity contribution in [1.29, 1.82) is 0 Å². The van der Waals surface area contributed by atoms with Gasteiger partial charge in [0.05, 0.1) is 11.7 Å². The van der Waals surface area contributed by atoms with Gasteiger partial charge in [-0.2, -0.15) is 0 Å². The summed E-state index contributed by atoms with van der Waals surface area (Å²) in [5.41, 5.74) is 3.81.